The number of benzene rings is 2. The van der Waals surface area contributed by atoms with Gasteiger partial charge in [0.15, 0.2) is 0 Å². The number of aryl methyl sites for hydroxylation is 1. The van der Waals surface area contributed by atoms with Gasteiger partial charge in [-0.3, -0.25) is 0 Å². The molecule has 21 heavy (non-hydrogen) atoms. The van der Waals surface area contributed by atoms with Gasteiger partial charge < -0.3 is 5.11 Å². The van der Waals surface area contributed by atoms with E-state index in [4.69, 9.17) is 0 Å². The zero-order valence-electron chi connectivity index (χ0n) is 11.6. The topological polar surface area (TPSA) is 66.4 Å². The minimum Gasteiger partial charge on any atom is -0.387 e. The summed E-state index contributed by atoms with van der Waals surface area (Å²) in [7, 11) is -3.39. The normalized spacial score (nSPS) is 13.0. The van der Waals surface area contributed by atoms with Gasteiger partial charge in [-0.15, -0.1) is 0 Å². The highest BCUT2D eigenvalue weighted by Gasteiger charge is 2.14. The second kappa shape index (κ2) is 7.36. The minimum absolute atomic E-state index is 0.0124. The predicted molar refractivity (Wildman–Crippen MR) is 83.3 cm³/mol. The number of aliphatic hydroxyl groups excluding tert-OH is 1. The van der Waals surface area contributed by atoms with E-state index < -0.39 is 16.1 Å². The number of sulfonamides is 1. The number of aliphatic hydroxyl groups is 1. The fourth-order valence-corrected chi connectivity index (χ4v) is 3.03. The first-order valence-electron chi connectivity index (χ1n) is 6.81. The lowest BCUT2D eigenvalue weighted by Gasteiger charge is -2.12. The molecule has 2 aromatic carbocycles. The van der Waals surface area contributed by atoms with Crippen LogP contribution in [-0.2, 0) is 16.4 Å². The summed E-state index contributed by atoms with van der Waals surface area (Å²) < 4.78 is 26.3. The van der Waals surface area contributed by atoms with Crippen LogP contribution in [0.2, 0.25) is 0 Å². The Balaban J connectivity index is 1.84. The van der Waals surface area contributed by atoms with Crippen molar-refractivity contribution < 1.29 is 13.5 Å². The van der Waals surface area contributed by atoms with E-state index in [0.717, 1.165) is 5.56 Å². The summed E-state index contributed by atoms with van der Waals surface area (Å²) in [6.07, 6.45) is -0.380. The van der Waals surface area contributed by atoms with Gasteiger partial charge in [0.2, 0.25) is 10.0 Å². The molecule has 112 valence electrons. The van der Waals surface area contributed by atoms with Crippen molar-refractivity contribution in [2.75, 3.05) is 12.3 Å². The molecule has 0 spiro atoms. The summed E-state index contributed by atoms with van der Waals surface area (Å²) in [6, 6.07) is 18.5. The van der Waals surface area contributed by atoms with Crippen molar-refractivity contribution in [3.8, 4) is 0 Å². The lowest BCUT2D eigenvalue weighted by molar-refractivity contribution is 0.182. The van der Waals surface area contributed by atoms with Crippen LogP contribution in [0.25, 0.3) is 0 Å². The number of hydrogen-bond donors (Lipinski definition) is 2. The van der Waals surface area contributed by atoms with Gasteiger partial charge in [0.25, 0.3) is 0 Å². The monoisotopic (exact) mass is 305 g/mol. The zero-order valence-corrected chi connectivity index (χ0v) is 12.5. The fourth-order valence-electron chi connectivity index (χ4n) is 1.97. The highest BCUT2D eigenvalue weighted by molar-refractivity contribution is 7.89. The second-order valence-electron chi connectivity index (χ2n) is 4.83. The molecule has 4 nitrogen and oxygen atoms in total. The third-order valence-electron chi connectivity index (χ3n) is 3.18. The summed E-state index contributed by atoms with van der Waals surface area (Å²) in [6.45, 7) is -0.0128. The standard InChI is InChI=1S/C16H19NO3S/c18-16(15-9-5-2-6-10-15)13-17-21(19,20)12-11-14-7-3-1-4-8-14/h1-10,16-18H,11-13H2. The molecular weight excluding hydrogens is 286 g/mol. The molecule has 1 atom stereocenters. The zero-order chi connectivity index (χ0) is 15.1. The third-order valence-corrected chi connectivity index (χ3v) is 4.53. The molecule has 0 bridgehead atoms. The van der Waals surface area contributed by atoms with Gasteiger partial charge in [-0.1, -0.05) is 60.7 Å². The SMILES string of the molecule is O=S(=O)(CCc1ccccc1)NCC(O)c1ccccc1. The summed E-state index contributed by atoms with van der Waals surface area (Å²) in [4.78, 5) is 0. The summed E-state index contributed by atoms with van der Waals surface area (Å²) in [5.41, 5.74) is 1.68. The van der Waals surface area contributed by atoms with Gasteiger partial charge in [-0.2, -0.15) is 0 Å². The molecular formula is C16H19NO3S. The Labute approximate surface area is 125 Å². The van der Waals surface area contributed by atoms with Crippen molar-refractivity contribution in [2.24, 2.45) is 0 Å². The van der Waals surface area contributed by atoms with Gasteiger partial charge in [0.05, 0.1) is 11.9 Å². The molecule has 0 saturated heterocycles. The van der Waals surface area contributed by atoms with Crippen molar-refractivity contribution in [1.82, 2.24) is 4.72 Å². The van der Waals surface area contributed by atoms with E-state index in [0.29, 0.717) is 12.0 Å². The molecule has 0 saturated carbocycles. The first kappa shape index (κ1) is 15.7. The molecule has 0 amide bonds. The molecule has 2 N–H and O–H groups in total. The molecule has 2 aromatic rings. The van der Waals surface area contributed by atoms with E-state index in [1.807, 2.05) is 48.5 Å². The van der Waals surface area contributed by atoms with Crippen molar-refractivity contribution in [3.63, 3.8) is 0 Å². The second-order valence-corrected chi connectivity index (χ2v) is 6.76. The van der Waals surface area contributed by atoms with E-state index in [2.05, 4.69) is 4.72 Å². The van der Waals surface area contributed by atoms with Crippen LogP contribution < -0.4 is 4.72 Å². The summed E-state index contributed by atoms with van der Waals surface area (Å²) in [5, 5.41) is 9.94. The van der Waals surface area contributed by atoms with Crippen LogP contribution >= 0.6 is 0 Å². The van der Waals surface area contributed by atoms with Crippen molar-refractivity contribution in [1.29, 1.82) is 0 Å². The van der Waals surface area contributed by atoms with Crippen LogP contribution in [0.5, 0.6) is 0 Å². The predicted octanol–water partition coefficient (Wildman–Crippen LogP) is 1.88. The molecule has 0 aliphatic rings. The minimum atomic E-state index is -3.39. The Morgan fingerprint density at radius 3 is 2.14 bits per heavy atom. The largest absolute Gasteiger partial charge is 0.387 e. The Morgan fingerprint density at radius 2 is 1.52 bits per heavy atom. The molecule has 0 aromatic heterocycles. The average Bonchev–Trinajstić information content (AvgIpc) is 2.53. The third kappa shape index (κ3) is 5.30. The molecule has 5 heteroatoms. The van der Waals surface area contributed by atoms with E-state index in [1.54, 1.807) is 12.1 Å². The van der Waals surface area contributed by atoms with Gasteiger partial charge in [0, 0.05) is 6.54 Å². The van der Waals surface area contributed by atoms with Gasteiger partial charge in [0.1, 0.15) is 0 Å². The fraction of sp³-hybridized carbons (Fsp3) is 0.250. The number of nitrogens with one attached hydrogen (secondary N) is 1. The van der Waals surface area contributed by atoms with E-state index in [9.17, 15) is 13.5 Å². The molecule has 2 rings (SSSR count). The lowest BCUT2D eigenvalue weighted by atomic mass is 10.1. The number of rotatable bonds is 7. The van der Waals surface area contributed by atoms with Crippen LogP contribution in [0, 0.1) is 0 Å². The van der Waals surface area contributed by atoms with Crippen LogP contribution in [0.1, 0.15) is 17.2 Å². The van der Waals surface area contributed by atoms with E-state index in [-0.39, 0.29) is 12.3 Å². The maximum absolute atomic E-state index is 11.9. The first-order chi connectivity index (χ1) is 10.1. The number of hydrogen-bond acceptors (Lipinski definition) is 3. The van der Waals surface area contributed by atoms with Gasteiger partial charge in [-0.25, -0.2) is 13.1 Å². The van der Waals surface area contributed by atoms with Crippen LogP contribution in [0.3, 0.4) is 0 Å². The Morgan fingerprint density at radius 1 is 0.952 bits per heavy atom. The van der Waals surface area contributed by atoms with E-state index >= 15 is 0 Å². The first-order valence-corrected chi connectivity index (χ1v) is 8.46. The van der Waals surface area contributed by atoms with Crippen molar-refractivity contribution in [3.05, 3.63) is 71.8 Å². The molecule has 1 unspecified atom stereocenters. The summed E-state index contributed by atoms with van der Waals surface area (Å²) >= 11 is 0. The Kier molecular flexibility index (Phi) is 5.50. The highest BCUT2D eigenvalue weighted by atomic mass is 32.2. The van der Waals surface area contributed by atoms with Crippen LogP contribution in [0.4, 0.5) is 0 Å². The van der Waals surface area contributed by atoms with Crippen molar-refractivity contribution >= 4 is 10.0 Å². The van der Waals surface area contributed by atoms with Gasteiger partial charge in [-0.05, 0) is 17.5 Å². The maximum atomic E-state index is 11.9. The van der Waals surface area contributed by atoms with Crippen LogP contribution in [0.15, 0.2) is 60.7 Å². The average molecular weight is 305 g/mol. The molecule has 0 aliphatic carbocycles. The molecule has 0 aliphatic heterocycles. The van der Waals surface area contributed by atoms with Gasteiger partial charge >= 0.3 is 0 Å². The summed E-state index contributed by atoms with van der Waals surface area (Å²) in [5.74, 6) is 0.0124. The maximum Gasteiger partial charge on any atom is 0.212 e. The molecule has 0 fully saturated rings. The highest BCUT2D eigenvalue weighted by Crippen LogP contribution is 2.11. The van der Waals surface area contributed by atoms with E-state index in [1.165, 1.54) is 0 Å². The lowest BCUT2D eigenvalue weighted by Crippen LogP contribution is -2.31. The smallest absolute Gasteiger partial charge is 0.212 e. The Bertz CT molecular complexity index is 642. The quantitative estimate of drug-likeness (QED) is 0.821. The molecule has 0 radical (unpaired) electrons. The van der Waals surface area contributed by atoms with Crippen molar-refractivity contribution in [2.45, 2.75) is 12.5 Å². The van der Waals surface area contributed by atoms with Crippen LogP contribution in [-0.4, -0.2) is 25.8 Å². The Hall–Kier alpha value is -1.69. The molecule has 0 heterocycles.